The Morgan fingerprint density at radius 1 is 1.00 bits per heavy atom. The smallest absolute Gasteiger partial charge is 0.130 e. The summed E-state index contributed by atoms with van der Waals surface area (Å²) in [6.07, 6.45) is 0. The summed E-state index contributed by atoms with van der Waals surface area (Å²) in [4.78, 5) is 0. The molecule has 0 aliphatic carbocycles. The lowest BCUT2D eigenvalue weighted by Crippen LogP contribution is -2.32. The molecule has 1 aromatic rings. The molecule has 0 heterocycles. The fourth-order valence-electron chi connectivity index (χ4n) is 1.92. The Morgan fingerprint density at radius 3 is 2.06 bits per heavy atom. The molecule has 0 saturated heterocycles. The minimum atomic E-state index is -0.488. The van der Waals surface area contributed by atoms with E-state index in [1.54, 1.807) is 13.0 Å². The summed E-state index contributed by atoms with van der Waals surface area (Å²) in [5.74, 6) is -0.713. The summed E-state index contributed by atoms with van der Waals surface area (Å²) in [5, 5.41) is 3.32. The lowest BCUT2D eigenvalue weighted by molar-refractivity contribution is 0.368. The van der Waals surface area contributed by atoms with Gasteiger partial charge in [-0.15, -0.1) is 0 Å². The molecule has 1 nitrogen and oxygen atoms in total. The molecule has 1 unspecified atom stereocenters. The van der Waals surface area contributed by atoms with E-state index in [2.05, 4.69) is 5.32 Å². The van der Waals surface area contributed by atoms with Crippen LogP contribution in [0.3, 0.4) is 0 Å². The zero-order chi connectivity index (χ0) is 13.2. The molecule has 0 fully saturated rings. The van der Waals surface area contributed by atoms with Crippen LogP contribution in [0.2, 0.25) is 0 Å². The molecular formula is C14H21F2N. The first-order valence-electron chi connectivity index (χ1n) is 6.04. The highest BCUT2D eigenvalue weighted by Crippen LogP contribution is 2.26. The van der Waals surface area contributed by atoms with Crippen LogP contribution < -0.4 is 5.32 Å². The first-order valence-corrected chi connectivity index (χ1v) is 6.04. The van der Waals surface area contributed by atoms with Gasteiger partial charge in [-0.25, -0.2) is 8.78 Å². The van der Waals surface area contributed by atoms with Crippen molar-refractivity contribution in [2.45, 2.75) is 46.7 Å². The molecule has 0 aliphatic heterocycles. The van der Waals surface area contributed by atoms with Crippen LogP contribution in [0, 0.1) is 24.5 Å². The van der Waals surface area contributed by atoms with Gasteiger partial charge in [0.25, 0.3) is 0 Å². The molecule has 0 aromatic heterocycles. The Morgan fingerprint density at radius 2 is 1.59 bits per heavy atom. The van der Waals surface area contributed by atoms with E-state index in [0.717, 1.165) is 6.07 Å². The van der Waals surface area contributed by atoms with E-state index in [4.69, 9.17) is 0 Å². The van der Waals surface area contributed by atoms with Crippen molar-refractivity contribution in [3.8, 4) is 0 Å². The van der Waals surface area contributed by atoms with Crippen molar-refractivity contribution in [3.63, 3.8) is 0 Å². The van der Waals surface area contributed by atoms with Crippen LogP contribution in [0.1, 0.15) is 44.9 Å². The van der Waals surface area contributed by atoms with Gasteiger partial charge >= 0.3 is 0 Å². The topological polar surface area (TPSA) is 12.0 Å². The first-order chi connectivity index (χ1) is 7.82. The summed E-state index contributed by atoms with van der Waals surface area (Å²) in [7, 11) is 0. The van der Waals surface area contributed by atoms with Crippen LogP contribution in [-0.4, -0.2) is 6.04 Å². The average Bonchev–Trinajstić information content (AvgIpc) is 2.20. The predicted octanol–water partition coefficient (Wildman–Crippen LogP) is 3.97. The third-order valence-corrected chi connectivity index (χ3v) is 2.79. The standard InChI is InChI=1S/C14H21F2N/c1-8(2)14(17-9(3)4)11-6-10(5)12(15)7-13(11)16/h6-9,14,17H,1-5H3. The maximum atomic E-state index is 13.8. The highest BCUT2D eigenvalue weighted by molar-refractivity contribution is 5.28. The van der Waals surface area contributed by atoms with Crippen molar-refractivity contribution in [2.75, 3.05) is 0 Å². The molecular weight excluding hydrogens is 220 g/mol. The number of nitrogens with one attached hydrogen (secondary N) is 1. The molecule has 1 N–H and O–H groups in total. The molecule has 1 rings (SSSR count). The average molecular weight is 241 g/mol. The number of rotatable bonds is 4. The molecule has 0 aliphatic rings. The second-order valence-electron chi connectivity index (χ2n) is 5.17. The monoisotopic (exact) mass is 241 g/mol. The Bertz CT molecular complexity index is 386. The van der Waals surface area contributed by atoms with Crippen LogP contribution in [0.4, 0.5) is 8.78 Å². The zero-order valence-corrected chi connectivity index (χ0v) is 11.1. The maximum absolute atomic E-state index is 13.8. The highest BCUT2D eigenvalue weighted by atomic mass is 19.1. The van der Waals surface area contributed by atoms with E-state index in [9.17, 15) is 8.78 Å². The SMILES string of the molecule is Cc1cc(C(NC(C)C)C(C)C)c(F)cc1F. The third kappa shape index (κ3) is 3.50. The van der Waals surface area contributed by atoms with Gasteiger partial charge in [-0.3, -0.25) is 0 Å². The summed E-state index contributed by atoms with van der Waals surface area (Å²) in [6, 6.07) is 2.74. The molecule has 0 saturated carbocycles. The first kappa shape index (κ1) is 14.1. The van der Waals surface area contributed by atoms with E-state index in [-0.39, 0.29) is 18.0 Å². The van der Waals surface area contributed by atoms with Gasteiger partial charge in [0.15, 0.2) is 0 Å². The van der Waals surface area contributed by atoms with Crippen LogP contribution in [0.5, 0.6) is 0 Å². The van der Waals surface area contributed by atoms with Crippen LogP contribution >= 0.6 is 0 Å². The number of hydrogen-bond acceptors (Lipinski definition) is 1. The van der Waals surface area contributed by atoms with Crippen molar-refractivity contribution in [2.24, 2.45) is 5.92 Å². The van der Waals surface area contributed by atoms with E-state index in [0.29, 0.717) is 11.1 Å². The van der Waals surface area contributed by atoms with E-state index in [1.165, 1.54) is 0 Å². The number of benzene rings is 1. The lowest BCUT2D eigenvalue weighted by atomic mass is 9.93. The summed E-state index contributed by atoms with van der Waals surface area (Å²) in [5.41, 5.74) is 1.03. The van der Waals surface area contributed by atoms with Gasteiger partial charge in [-0.05, 0) is 24.5 Å². The number of hydrogen-bond donors (Lipinski definition) is 1. The maximum Gasteiger partial charge on any atom is 0.130 e. The molecule has 1 atom stereocenters. The van der Waals surface area contributed by atoms with E-state index < -0.39 is 11.6 Å². The third-order valence-electron chi connectivity index (χ3n) is 2.79. The normalized spacial score (nSPS) is 13.5. The Kier molecular flexibility index (Phi) is 4.63. The van der Waals surface area contributed by atoms with Crippen molar-refractivity contribution < 1.29 is 8.78 Å². The van der Waals surface area contributed by atoms with Crippen molar-refractivity contribution in [1.82, 2.24) is 5.32 Å². The quantitative estimate of drug-likeness (QED) is 0.841. The molecule has 0 spiro atoms. The zero-order valence-electron chi connectivity index (χ0n) is 11.1. The van der Waals surface area contributed by atoms with Gasteiger partial charge in [0, 0.05) is 23.7 Å². The minimum Gasteiger partial charge on any atom is -0.307 e. The van der Waals surface area contributed by atoms with Gasteiger partial charge in [0.05, 0.1) is 0 Å². The van der Waals surface area contributed by atoms with Crippen LogP contribution in [0.25, 0.3) is 0 Å². The van der Waals surface area contributed by atoms with Crippen LogP contribution in [-0.2, 0) is 0 Å². The largest absolute Gasteiger partial charge is 0.307 e. The van der Waals surface area contributed by atoms with E-state index >= 15 is 0 Å². The minimum absolute atomic E-state index is 0.0886. The summed E-state index contributed by atoms with van der Waals surface area (Å²) in [6.45, 7) is 9.74. The molecule has 3 heteroatoms. The van der Waals surface area contributed by atoms with Gasteiger partial charge < -0.3 is 5.32 Å². The molecule has 0 bridgehead atoms. The van der Waals surface area contributed by atoms with Crippen molar-refractivity contribution >= 4 is 0 Å². The summed E-state index contributed by atoms with van der Waals surface area (Å²) < 4.78 is 27.0. The van der Waals surface area contributed by atoms with Gasteiger partial charge in [-0.2, -0.15) is 0 Å². The Hall–Kier alpha value is -0.960. The number of halogens is 2. The summed E-state index contributed by atoms with van der Waals surface area (Å²) >= 11 is 0. The molecule has 96 valence electrons. The molecule has 17 heavy (non-hydrogen) atoms. The molecule has 0 radical (unpaired) electrons. The Labute approximate surface area is 102 Å². The number of aryl methyl sites for hydroxylation is 1. The second-order valence-corrected chi connectivity index (χ2v) is 5.17. The van der Waals surface area contributed by atoms with Crippen LogP contribution in [0.15, 0.2) is 12.1 Å². The van der Waals surface area contributed by atoms with Crippen molar-refractivity contribution in [1.29, 1.82) is 0 Å². The van der Waals surface area contributed by atoms with E-state index in [1.807, 2.05) is 27.7 Å². The van der Waals surface area contributed by atoms with Gasteiger partial charge in [0.1, 0.15) is 11.6 Å². The second kappa shape index (κ2) is 5.58. The predicted molar refractivity (Wildman–Crippen MR) is 66.9 cm³/mol. The van der Waals surface area contributed by atoms with Gasteiger partial charge in [0.2, 0.25) is 0 Å². The fraction of sp³-hybridized carbons (Fsp3) is 0.571. The fourth-order valence-corrected chi connectivity index (χ4v) is 1.92. The lowest BCUT2D eigenvalue weighted by Gasteiger charge is -2.26. The van der Waals surface area contributed by atoms with Gasteiger partial charge in [-0.1, -0.05) is 27.7 Å². The molecule has 1 aromatic carbocycles. The molecule has 0 amide bonds. The Balaban J connectivity index is 3.14. The highest BCUT2D eigenvalue weighted by Gasteiger charge is 2.21. The van der Waals surface area contributed by atoms with Crippen molar-refractivity contribution in [3.05, 3.63) is 34.9 Å².